The number of para-hydroxylation sites is 1. The Morgan fingerprint density at radius 2 is 1.86 bits per heavy atom. The Balaban J connectivity index is 1.97. The van der Waals surface area contributed by atoms with Crippen LogP contribution >= 0.6 is 22.9 Å². The summed E-state index contributed by atoms with van der Waals surface area (Å²) < 4.78 is 39.1. The molecule has 1 heterocycles. The van der Waals surface area contributed by atoms with E-state index in [4.69, 9.17) is 11.6 Å². The number of aromatic nitrogens is 1. The van der Waals surface area contributed by atoms with E-state index < -0.39 is 11.7 Å². The quantitative estimate of drug-likeness (QED) is 0.651. The minimum absolute atomic E-state index is 0.186. The summed E-state index contributed by atoms with van der Waals surface area (Å²) in [6, 6.07) is 10.6. The highest BCUT2D eigenvalue weighted by molar-refractivity contribution is 7.22. The van der Waals surface area contributed by atoms with Crippen LogP contribution in [0.2, 0.25) is 5.02 Å². The smallest absolute Gasteiger partial charge is 0.330 e. The van der Waals surface area contributed by atoms with Gasteiger partial charge in [0.2, 0.25) is 0 Å². The summed E-state index contributed by atoms with van der Waals surface area (Å²) in [5.41, 5.74) is 0.217. The van der Waals surface area contributed by atoms with Gasteiger partial charge in [0, 0.05) is 0 Å². The average Bonchev–Trinajstić information content (AvgIpc) is 2.82. The Morgan fingerprint density at radius 3 is 2.57 bits per heavy atom. The molecule has 0 spiro atoms. The van der Waals surface area contributed by atoms with Crippen LogP contribution in [-0.2, 0) is 6.18 Å². The fourth-order valence-electron chi connectivity index (χ4n) is 1.84. The Labute approximate surface area is 127 Å². The van der Waals surface area contributed by atoms with E-state index in [1.807, 2.05) is 24.3 Å². The summed E-state index contributed by atoms with van der Waals surface area (Å²) in [5, 5.41) is 3.56. The number of nitrogens with one attached hydrogen (secondary N) is 1. The SMILES string of the molecule is FC(F)(F)c1ccc(Cl)c(Nc2nc3ccccc3s2)c1. The van der Waals surface area contributed by atoms with E-state index in [0.717, 1.165) is 22.3 Å². The van der Waals surface area contributed by atoms with Crippen LogP contribution in [0.1, 0.15) is 5.56 Å². The lowest BCUT2D eigenvalue weighted by atomic mass is 10.2. The standard InChI is InChI=1S/C14H8ClF3N2S/c15-9-6-5-8(14(16,17)18)7-11(9)20-13-19-10-3-1-2-4-12(10)21-13/h1-7H,(H,19,20). The van der Waals surface area contributed by atoms with Gasteiger partial charge in [-0.25, -0.2) is 4.98 Å². The van der Waals surface area contributed by atoms with Crippen molar-refractivity contribution in [3.63, 3.8) is 0 Å². The summed E-state index contributed by atoms with van der Waals surface area (Å²) >= 11 is 7.29. The van der Waals surface area contributed by atoms with Gasteiger partial charge in [-0.1, -0.05) is 35.1 Å². The van der Waals surface area contributed by atoms with Crippen LogP contribution in [0.15, 0.2) is 42.5 Å². The Kier molecular flexibility index (Phi) is 3.51. The molecule has 0 aliphatic rings. The van der Waals surface area contributed by atoms with E-state index in [9.17, 15) is 13.2 Å². The Hall–Kier alpha value is -1.79. The molecule has 0 fully saturated rings. The molecule has 0 saturated carbocycles. The molecule has 0 aliphatic carbocycles. The monoisotopic (exact) mass is 328 g/mol. The highest BCUT2D eigenvalue weighted by atomic mass is 35.5. The van der Waals surface area contributed by atoms with Crippen molar-refractivity contribution in [1.29, 1.82) is 0 Å². The van der Waals surface area contributed by atoms with E-state index in [1.54, 1.807) is 0 Å². The lowest BCUT2D eigenvalue weighted by molar-refractivity contribution is -0.137. The van der Waals surface area contributed by atoms with Crippen molar-refractivity contribution in [3.05, 3.63) is 53.1 Å². The number of rotatable bonds is 2. The average molecular weight is 329 g/mol. The molecule has 2 aromatic carbocycles. The molecule has 0 saturated heterocycles. The number of fused-ring (bicyclic) bond motifs is 1. The number of anilines is 2. The highest BCUT2D eigenvalue weighted by Gasteiger charge is 2.31. The van der Waals surface area contributed by atoms with Gasteiger partial charge in [0.25, 0.3) is 0 Å². The van der Waals surface area contributed by atoms with Gasteiger partial charge in [-0.15, -0.1) is 0 Å². The number of nitrogens with zero attached hydrogens (tertiary/aromatic N) is 1. The van der Waals surface area contributed by atoms with Crippen LogP contribution < -0.4 is 5.32 Å². The zero-order valence-electron chi connectivity index (χ0n) is 10.4. The first kappa shape index (κ1) is 14.2. The Morgan fingerprint density at radius 1 is 1.10 bits per heavy atom. The second-order valence-corrected chi connectivity index (χ2v) is 5.74. The van der Waals surface area contributed by atoms with Crippen LogP contribution in [0.5, 0.6) is 0 Å². The molecular weight excluding hydrogens is 321 g/mol. The molecule has 0 bridgehead atoms. The molecule has 21 heavy (non-hydrogen) atoms. The molecule has 108 valence electrons. The van der Waals surface area contributed by atoms with Crippen LogP contribution in [0.4, 0.5) is 24.0 Å². The van der Waals surface area contributed by atoms with E-state index >= 15 is 0 Å². The summed E-state index contributed by atoms with van der Waals surface area (Å²) in [7, 11) is 0. The first-order chi connectivity index (χ1) is 9.93. The van der Waals surface area contributed by atoms with Crippen LogP contribution in [-0.4, -0.2) is 4.98 Å². The maximum Gasteiger partial charge on any atom is 0.416 e. The van der Waals surface area contributed by atoms with Crippen molar-refractivity contribution in [3.8, 4) is 0 Å². The number of halogens is 4. The first-order valence-corrected chi connectivity index (χ1v) is 7.12. The maximum absolute atomic E-state index is 12.7. The van der Waals surface area contributed by atoms with E-state index in [0.29, 0.717) is 5.13 Å². The zero-order valence-corrected chi connectivity index (χ0v) is 12.0. The molecule has 7 heteroatoms. The van der Waals surface area contributed by atoms with Gasteiger partial charge in [0.1, 0.15) is 0 Å². The molecule has 0 aliphatic heterocycles. The largest absolute Gasteiger partial charge is 0.416 e. The minimum atomic E-state index is -4.41. The van der Waals surface area contributed by atoms with Gasteiger partial charge >= 0.3 is 6.18 Å². The van der Waals surface area contributed by atoms with Gasteiger partial charge in [-0.2, -0.15) is 13.2 Å². The van der Waals surface area contributed by atoms with Crippen LogP contribution in [0.3, 0.4) is 0 Å². The molecule has 1 N–H and O–H groups in total. The first-order valence-electron chi connectivity index (χ1n) is 5.93. The third-order valence-electron chi connectivity index (χ3n) is 2.83. The lowest BCUT2D eigenvalue weighted by Crippen LogP contribution is -2.05. The van der Waals surface area contributed by atoms with Gasteiger partial charge in [-0.3, -0.25) is 0 Å². The fourth-order valence-corrected chi connectivity index (χ4v) is 2.88. The second-order valence-electron chi connectivity index (χ2n) is 4.30. The number of hydrogen-bond acceptors (Lipinski definition) is 3. The zero-order chi connectivity index (χ0) is 15.0. The van der Waals surface area contributed by atoms with Crippen LogP contribution in [0.25, 0.3) is 10.2 Å². The Bertz CT molecular complexity index is 765. The van der Waals surface area contributed by atoms with Gasteiger partial charge in [-0.05, 0) is 30.3 Å². The summed E-state index contributed by atoms with van der Waals surface area (Å²) in [5.74, 6) is 0. The van der Waals surface area contributed by atoms with Gasteiger partial charge in [0.15, 0.2) is 5.13 Å². The summed E-state index contributed by atoms with van der Waals surface area (Å²) in [4.78, 5) is 4.31. The highest BCUT2D eigenvalue weighted by Crippen LogP contribution is 2.36. The fraction of sp³-hybridized carbons (Fsp3) is 0.0714. The normalized spacial score (nSPS) is 11.8. The molecule has 1 aromatic heterocycles. The minimum Gasteiger partial charge on any atom is -0.330 e. The second kappa shape index (κ2) is 5.20. The van der Waals surface area contributed by atoms with Gasteiger partial charge in [0.05, 0.1) is 26.5 Å². The molecule has 3 rings (SSSR count). The molecular formula is C14H8ClF3N2S. The van der Waals surface area contributed by atoms with Crippen molar-refractivity contribution in [2.75, 3.05) is 5.32 Å². The summed E-state index contributed by atoms with van der Waals surface area (Å²) in [6.45, 7) is 0. The number of alkyl halides is 3. The number of hydrogen-bond donors (Lipinski definition) is 1. The van der Waals surface area contributed by atoms with Gasteiger partial charge < -0.3 is 5.32 Å². The third kappa shape index (κ3) is 2.96. The van der Waals surface area contributed by atoms with Crippen molar-refractivity contribution < 1.29 is 13.2 Å². The summed E-state index contributed by atoms with van der Waals surface area (Å²) in [6.07, 6.45) is -4.41. The molecule has 2 nitrogen and oxygen atoms in total. The van der Waals surface area contributed by atoms with Crippen LogP contribution in [0, 0.1) is 0 Å². The van der Waals surface area contributed by atoms with Crippen molar-refractivity contribution in [1.82, 2.24) is 4.98 Å². The number of benzene rings is 2. The van der Waals surface area contributed by atoms with Crippen molar-refractivity contribution in [2.45, 2.75) is 6.18 Å². The maximum atomic E-state index is 12.7. The van der Waals surface area contributed by atoms with E-state index in [-0.39, 0.29) is 10.7 Å². The molecule has 0 atom stereocenters. The predicted octanol–water partition coefficient (Wildman–Crippen LogP) is 5.71. The topological polar surface area (TPSA) is 24.9 Å². The molecule has 3 aromatic rings. The van der Waals surface area contributed by atoms with Crippen molar-refractivity contribution >= 4 is 44.0 Å². The van der Waals surface area contributed by atoms with E-state index in [2.05, 4.69) is 10.3 Å². The third-order valence-corrected chi connectivity index (χ3v) is 4.11. The number of thiazole rings is 1. The van der Waals surface area contributed by atoms with E-state index in [1.165, 1.54) is 17.4 Å². The van der Waals surface area contributed by atoms with Crippen molar-refractivity contribution in [2.24, 2.45) is 0 Å². The molecule has 0 amide bonds. The molecule has 0 radical (unpaired) electrons. The molecule has 0 unspecified atom stereocenters. The predicted molar refractivity (Wildman–Crippen MR) is 79.4 cm³/mol. The lowest BCUT2D eigenvalue weighted by Gasteiger charge is -2.10.